The van der Waals surface area contributed by atoms with Gasteiger partial charge in [0.2, 0.25) is 0 Å². The van der Waals surface area contributed by atoms with Gasteiger partial charge in [0.05, 0.1) is 5.42 Å². The standard InChI is InChI=1S/C10H18NP/c1-3-5-8-7-12-10(11)9(8)6-4-2/h7,12H,3-6,11H2,1-2H3. The molecule has 1 rings (SSSR count). The number of hydrogen-bond acceptors (Lipinski definition) is 1. The molecule has 12 heavy (non-hydrogen) atoms. The van der Waals surface area contributed by atoms with Crippen LogP contribution in [0.5, 0.6) is 0 Å². The Kier molecular flexibility index (Phi) is 3.68. The molecule has 0 radical (unpaired) electrons. The van der Waals surface area contributed by atoms with E-state index in [1.807, 2.05) is 0 Å². The molecule has 0 saturated heterocycles. The highest BCUT2D eigenvalue weighted by Crippen LogP contribution is 2.31. The lowest BCUT2D eigenvalue weighted by molar-refractivity contribution is 0.870. The normalized spacial score (nSPS) is 11.2. The fourth-order valence-corrected chi connectivity index (χ4v) is 2.66. The molecule has 1 nitrogen and oxygen atoms in total. The minimum Gasteiger partial charge on any atom is -0.396 e. The molecule has 1 unspecified atom stereocenters. The lowest BCUT2D eigenvalue weighted by Crippen LogP contribution is -1.93. The summed E-state index contributed by atoms with van der Waals surface area (Å²) in [6, 6.07) is 0. The molecule has 1 aromatic rings. The predicted molar refractivity (Wildman–Crippen MR) is 58.3 cm³/mol. The minimum absolute atomic E-state index is 0.758. The molecule has 1 atom stereocenters. The lowest BCUT2D eigenvalue weighted by atomic mass is 10.0. The van der Waals surface area contributed by atoms with Crippen LogP contribution < -0.4 is 5.73 Å². The van der Waals surface area contributed by atoms with Crippen molar-refractivity contribution in [3.63, 3.8) is 0 Å². The van der Waals surface area contributed by atoms with Crippen molar-refractivity contribution in [3.8, 4) is 0 Å². The van der Waals surface area contributed by atoms with Crippen molar-refractivity contribution in [2.24, 2.45) is 0 Å². The highest BCUT2D eigenvalue weighted by molar-refractivity contribution is 7.34. The predicted octanol–water partition coefficient (Wildman–Crippen LogP) is 3.21. The average molecular weight is 183 g/mol. The zero-order valence-corrected chi connectivity index (χ0v) is 8.98. The molecule has 0 aliphatic rings. The summed E-state index contributed by atoms with van der Waals surface area (Å²) in [5, 5.41) is 0. The summed E-state index contributed by atoms with van der Waals surface area (Å²) in [6.07, 6.45) is 4.83. The molecule has 68 valence electrons. The monoisotopic (exact) mass is 183 g/mol. The summed E-state index contributed by atoms with van der Waals surface area (Å²) in [7, 11) is 0.758. The zero-order valence-electron chi connectivity index (χ0n) is 7.98. The van der Waals surface area contributed by atoms with Gasteiger partial charge in [0.15, 0.2) is 0 Å². The first kappa shape index (κ1) is 9.67. The summed E-state index contributed by atoms with van der Waals surface area (Å²) in [5.74, 6) is 2.32. The molecule has 1 heterocycles. The first-order valence-corrected chi connectivity index (χ1v) is 5.81. The van der Waals surface area contributed by atoms with Crippen molar-refractivity contribution in [2.75, 3.05) is 5.73 Å². The molecule has 2 N–H and O–H groups in total. The second-order valence-electron chi connectivity index (χ2n) is 3.21. The maximum atomic E-state index is 5.93. The second kappa shape index (κ2) is 4.57. The maximum Gasteiger partial charge on any atom is 0.0513 e. The molecule has 0 amide bonds. The Bertz CT molecular complexity index is 240. The molecule has 0 saturated carbocycles. The van der Waals surface area contributed by atoms with Crippen molar-refractivity contribution in [1.82, 2.24) is 0 Å². The summed E-state index contributed by atoms with van der Waals surface area (Å²) in [4.78, 5) is 0. The van der Waals surface area contributed by atoms with Crippen LogP contribution in [-0.4, -0.2) is 0 Å². The number of anilines is 1. The van der Waals surface area contributed by atoms with E-state index in [0.717, 1.165) is 13.6 Å². The van der Waals surface area contributed by atoms with Crippen LogP contribution >= 0.6 is 8.19 Å². The largest absolute Gasteiger partial charge is 0.396 e. The van der Waals surface area contributed by atoms with Gasteiger partial charge < -0.3 is 5.73 Å². The smallest absolute Gasteiger partial charge is 0.0513 e. The van der Waals surface area contributed by atoms with E-state index in [1.165, 1.54) is 36.8 Å². The quantitative estimate of drug-likeness (QED) is 0.762. The number of hydrogen-bond donors (Lipinski definition) is 1. The molecule has 0 fully saturated rings. The Hall–Kier alpha value is -0.420. The fourth-order valence-electron chi connectivity index (χ4n) is 1.55. The van der Waals surface area contributed by atoms with Gasteiger partial charge in [-0.25, -0.2) is 0 Å². The van der Waals surface area contributed by atoms with E-state index in [1.54, 1.807) is 0 Å². The maximum absolute atomic E-state index is 5.93. The van der Waals surface area contributed by atoms with Gasteiger partial charge in [0.25, 0.3) is 0 Å². The van der Waals surface area contributed by atoms with Crippen molar-refractivity contribution < 1.29 is 0 Å². The van der Waals surface area contributed by atoms with E-state index in [4.69, 9.17) is 5.73 Å². The van der Waals surface area contributed by atoms with Crippen LogP contribution in [0.25, 0.3) is 0 Å². The second-order valence-corrected chi connectivity index (χ2v) is 4.32. The summed E-state index contributed by atoms with van der Waals surface area (Å²) < 4.78 is 0. The summed E-state index contributed by atoms with van der Waals surface area (Å²) >= 11 is 0. The van der Waals surface area contributed by atoms with Crippen molar-refractivity contribution >= 4 is 13.6 Å². The van der Waals surface area contributed by atoms with Gasteiger partial charge in [-0.15, -0.1) is 8.19 Å². The van der Waals surface area contributed by atoms with Gasteiger partial charge in [-0.1, -0.05) is 26.7 Å². The van der Waals surface area contributed by atoms with E-state index < -0.39 is 0 Å². The van der Waals surface area contributed by atoms with Crippen molar-refractivity contribution in [2.45, 2.75) is 39.5 Å². The molecule has 0 aromatic carbocycles. The molecule has 0 aliphatic heterocycles. The zero-order chi connectivity index (χ0) is 8.97. The summed E-state index contributed by atoms with van der Waals surface area (Å²) in [5.41, 5.74) is 10.0. The Morgan fingerprint density at radius 2 is 1.92 bits per heavy atom. The molecule has 0 spiro atoms. The van der Waals surface area contributed by atoms with Crippen LogP contribution in [0.3, 0.4) is 0 Å². The van der Waals surface area contributed by atoms with Crippen LogP contribution in [0.4, 0.5) is 5.42 Å². The van der Waals surface area contributed by atoms with Gasteiger partial charge in [0, 0.05) is 0 Å². The van der Waals surface area contributed by atoms with E-state index in [-0.39, 0.29) is 0 Å². The van der Waals surface area contributed by atoms with Crippen LogP contribution in [0.1, 0.15) is 37.8 Å². The van der Waals surface area contributed by atoms with Gasteiger partial charge in [-0.05, 0) is 29.8 Å². The van der Waals surface area contributed by atoms with E-state index in [9.17, 15) is 0 Å². The van der Waals surface area contributed by atoms with E-state index in [2.05, 4.69) is 19.6 Å². The topological polar surface area (TPSA) is 26.0 Å². The average Bonchev–Trinajstić information content (AvgIpc) is 2.37. The third kappa shape index (κ3) is 2.04. The molecule has 0 aliphatic carbocycles. The van der Waals surface area contributed by atoms with Gasteiger partial charge in [0.1, 0.15) is 0 Å². The molecule has 0 bridgehead atoms. The lowest BCUT2D eigenvalue weighted by Gasteiger charge is -2.02. The first-order valence-electron chi connectivity index (χ1n) is 4.74. The minimum atomic E-state index is 0.758. The number of aryl methyl sites for hydroxylation is 1. The number of nitrogen functional groups attached to an aromatic ring is 1. The SMILES string of the molecule is CCCc1c[pH]c(N)c1CCC. The van der Waals surface area contributed by atoms with Gasteiger partial charge in [-0.2, -0.15) is 0 Å². The fraction of sp³-hybridized carbons (Fsp3) is 0.600. The highest BCUT2D eigenvalue weighted by Gasteiger charge is 2.05. The Balaban J connectivity index is 2.80. The molecular formula is C10H18NP. The van der Waals surface area contributed by atoms with Crippen LogP contribution in [0.15, 0.2) is 5.80 Å². The van der Waals surface area contributed by atoms with E-state index in [0.29, 0.717) is 0 Å². The Labute approximate surface area is 76.4 Å². The van der Waals surface area contributed by atoms with Gasteiger partial charge in [-0.3, -0.25) is 0 Å². The third-order valence-electron chi connectivity index (χ3n) is 2.13. The van der Waals surface area contributed by atoms with Crippen LogP contribution in [0, 0.1) is 0 Å². The molecule has 1 aromatic heterocycles. The highest BCUT2D eigenvalue weighted by atomic mass is 31.0. The first-order chi connectivity index (χ1) is 5.79. The number of nitrogens with two attached hydrogens (primary N) is 1. The van der Waals surface area contributed by atoms with Gasteiger partial charge >= 0.3 is 0 Å². The van der Waals surface area contributed by atoms with Crippen LogP contribution in [0.2, 0.25) is 0 Å². The van der Waals surface area contributed by atoms with Crippen molar-refractivity contribution in [3.05, 3.63) is 16.9 Å². The van der Waals surface area contributed by atoms with E-state index >= 15 is 0 Å². The number of rotatable bonds is 4. The van der Waals surface area contributed by atoms with Crippen molar-refractivity contribution in [1.29, 1.82) is 0 Å². The molecule has 2 heteroatoms. The summed E-state index contributed by atoms with van der Waals surface area (Å²) in [6.45, 7) is 4.44. The Morgan fingerprint density at radius 3 is 2.50 bits per heavy atom. The Morgan fingerprint density at radius 1 is 1.25 bits per heavy atom. The third-order valence-corrected chi connectivity index (χ3v) is 3.24. The molecular weight excluding hydrogens is 165 g/mol. The van der Waals surface area contributed by atoms with Crippen LogP contribution in [-0.2, 0) is 12.8 Å².